The maximum atomic E-state index is 13.1. The molecule has 1 aromatic heterocycles. The summed E-state index contributed by atoms with van der Waals surface area (Å²) in [6.07, 6.45) is 4.41. The topological polar surface area (TPSA) is 22.0 Å². The third-order valence-electron chi connectivity index (χ3n) is 4.15. The molecule has 0 atom stereocenters. The first-order chi connectivity index (χ1) is 11.2. The minimum absolute atomic E-state index is 0.0821. The summed E-state index contributed by atoms with van der Waals surface area (Å²) in [5, 5.41) is 1.86. The molecule has 0 spiro atoms. The Bertz CT molecular complexity index is 868. The van der Waals surface area contributed by atoms with Crippen molar-refractivity contribution >= 4 is 33.4 Å². The average Bonchev–Trinajstić information content (AvgIpc) is 2.60. The van der Waals surface area contributed by atoms with Gasteiger partial charge in [0.15, 0.2) is 0 Å². The number of hydrogen-bond donors (Lipinski definition) is 0. The molecule has 0 saturated carbocycles. The summed E-state index contributed by atoms with van der Waals surface area (Å²) >= 11 is 2.40. The van der Waals surface area contributed by atoms with Crippen LogP contribution in [-0.2, 0) is 6.42 Å². The van der Waals surface area contributed by atoms with Crippen molar-refractivity contribution in [1.29, 1.82) is 0 Å². The highest BCUT2D eigenvalue weighted by atomic mass is 127. The van der Waals surface area contributed by atoms with Gasteiger partial charge in [0.05, 0.1) is 0 Å². The number of hydrogen-bond acceptors (Lipinski definition) is 1. The van der Waals surface area contributed by atoms with E-state index in [0.29, 0.717) is 0 Å². The number of aromatic nitrogens is 1. The molecule has 2 nitrogen and oxygen atoms in total. The molecule has 0 radical (unpaired) electrons. The van der Waals surface area contributed by atoms with Crippen LogP contribution >= 0.6 is 22.6 Å². The summed E-state index contributed by atoms with van der Waals surface area (Å²) in [4.78, 5) is 13.1. The fourth-order valence-electron chi connectivity index (χ4n) is 2.97. The predicted molar refractivity (Wildman–Crippen MR) is 105 cm³/mol. The Morgan fingerprint density at radius 2 is 1.57 bits per heavy atom. The van der Waals surface area contributed by atoms with E-state index in [2.05, 4.69) is 35.6 Å². The van der Waals surface area contributed by atoms with Crippen molar-refractivity contribution in [2.75, 3.05) is 0 Å². The van der Waals surface area contributed by atoms with E-state index in [-0.39, 0.29) is 5.56 Å². The first-order valence-corrected chi connectivity index (χ1v) is 9.19. The van der Waals surface area contributed by atoms with Gasteiger partial charge in [-0.05, 0) is 53.6 Å². The Morgan fingerprint density at radius 3 is 2.26 bits per heavy atom. The third kappa shape index (κ3) is 3.20. The van der Waals surface area contributed by atoms with Gasteiger partial charge in [-0.3, -0.25) is 9.36 Å². The summed E-state index contributed by atoms with van der Waals surface area (Å²) in [5.41, 5.74) is 2.17. The van der Waals surface area contributed by atoms with Crippen LogP contribution in [0.1, 0.15) is 31.9 Å². The van der Waals surface area contributed by atoms with Gasteiger partial charge in [-0.25, -0.2) is 0 Å². The number of nitrogens with zero attached hydrogens (tertiary/aromatic N) is 1. The van der Waals surface area contributed by atoms with Gasteiger partial charge in [0.2, 0.25) is 0 Å². The molecule has 118 valence electrons. The van der Waals surface area contributed by atoms with Crippen molar-refractivity contribution in [3.05, 3.63) is 74.2 Å². The van der Waals surface area contributed by atoms with Gasteiger partial charge in [-0.1, -0.05) is 56.2 Å². The van der Waals surface area contributed by atoms with Crippen molar-refractivity contribution in [2.45, 2.75) is 32.6 Å². The Kier molecular flexibility index (Phi) is 5.16. The summed E-state index contributed by atoms with van der Waals surface area (Å²) in [5.74, 6) is 0. The third-order valence-corrected chi connectivity index (χ3v) is 5.36. The molecule has 0 aliphatic carbocycles. The van der Waals surface area contributed by atoms with E-state index in [0.717, 1.165) is 35.0 Å². The molecule has 0 bridgehead atoms. The first-order valence-electron chi connectivity index (χ1n) is 8.11. The van der Waals surface area contributed by atoms with Crippen LogP contribution in [0.15, 0.2) is 59.4 Å². The summed E-state index contributed by atoms with van der Waals surface area (Å²) in [6.45, 7) is 2.20. The SMILES string of the molecule is CCCCCc1c(I)c2ccccc2c(=O)n1-c1ccccc1. The molecule has 1 heterocycles. The van der Waals surface area contributed by atoms with Gasteiger partial charge >= 0.3 is 0 Å². The lowest BCUT2D eigenvalue weighted by molar-refractivity contribution is 0.690. The zero-order valence-electron chi connectivity index (χ0n) is 13.3. The largest absolute Gasteiger partial charge is 0.280 e. The zero-order valence-corrected chi connectivity index (χ0v) is 15.4. The maximum Gasteiger partial charge on any atom is 0.263 e. The van der Waals surface area contributed by atoms with E-state index in [4.69, 9.17) is 0 Å². The fourth-order valence-corrected chi connectivity index (χ4v) is 3.95. The van der Waals surface area contributed by atoms with Crippen LogP contribution in [0.3, 0.4) is 0 Å². The van der Waals surface area contributed by atoms with Gasteiger partial charge in [0.1, 0.15) is 0 Å². The van der Waals surface area contributed by atoms with E-state index >= 15 is 0 Å². The highest BCUT2D eigenvalue weighted by molar-refractivity contribution is 14.1. The predicted octanol–water partition coefficient (Wildman–Crippen LogP) is 5.33. The lowest BCUT2D eigenvalue weighted by Crippen LogP contribution is -2.23. The lowest BCUT2D eigenvalue weighted by Gasteiger charge is -2.17. The van der Waals surface area contributed by atoms with Gasteiger partial charge < -0.3 is 0 Å². The molecule has 3 rings (SSSR count). The smallest absolute Gasteiger partial charge is 0.263 e. The van der Waals surface area contributed by atoms with Crippen LogP contribution < -0.4 is 5.56 Å². The number of benzene rings is 2. The van der Waals surface area contributed by atoms with Crippen molar-refractivity contribution in [2.24, 2.45) is 0 Å². The first kappa shape index (κ1) is 16.2. The molecule has 3 aromatic rings. The van der Waals surface area contributed by atoms with Crippen LogP contribution in [0.5, 0.6) is 0 Å². The number of pyridine rings is 1. The van der Waals surface area contributed by atoms with Gasteiger partial charge in [0, 0.05) is 25.7 Å². The van der Waals surface area contributed by atoms with E-state index < -0.39 is 0 Å². The fraction of sp³-hybridized carbons (Fsp3) is 0.250. The molecule has 0 saturated heterocycles. The second-order valence-electron chi connectivity index (χ2n) is 5.74. The second-order valence-corrected chi connectivity index (χ2v) is 6.82. The monoisotopic (exact) mass is 417 g/mol. The molecule has 0 unspecified atom stereocenters. The van der Waals surface area contributed by atoms with Crippen molar-refractivity contribution in [3.8, 4) is 5.69 Å². The quantitative estimate of drug-likeness (QED) is 0.407. The number of unbranched alkanes of at least 4 members (excludes halogenated alkanes) is 2. The van der Waals surface area contributed by atoms with Crippen LogP contribution in [-0.4, -0.2) is 4.57 Å². The lowest BCUT2D eigenvalue weighted by atomic mass is 10.1. The van der Waals surface area contributed by atoms with E-state index in [1.165, 1.54) is 16.4 Å². The Morgan fingerprint density at radius 1 is 0.913 bits per heavy atom. The molecule has 0 aliphatic heterocycles. The average molecular weight is 417 g/mol. The van der Waals surface area contributed by atoms with Gasteiger partial charge in [-0.15, -0.1) is 0 Å². The Hall–Kier alpha value is -1.62. The standard InChI is InChI=1S/C20H20INO/c1-2-3-5-14-18-19(21)16-12-8-9-13-17(16)20(23)22(18)15-10-6-4-7-11-15/h4,6-13H,2-3,5,14H2,1H3. The second kappa shape index (κ2) is 7.30. The van der Waals surface area contributed by atoms with Gasteiger partial charge in [0.25, 0.3) is 5.56 Å². The minimum atomic E-state index is 0.0821. The van der Waals surface area contributed by atoms with Crippen LogP contribution in [0.2, 0.25) is 0 Å². The Balaban J connectivity index is 2.28. The van der Waals surface area contributed by atoms with E-state index in [1.54, 1.807) is 0 Å². The molecular formula is C20H20INO. The number of halogens is 1. The summed E-state index contributed by atoms with van der Waals surface area (Å²) in [6, 6.07) is 17.9. The van der Waals surface area contributed by atoms with Crippen molar-refractivity contribution in [1.82, 2.24) is 4.57 Å². The van der Waals surface area contributed by atoms with E-state index in [9.17, 15) is 4.79 Å². The molecule has 23 heavy (non-hydrogen) atoms. The number of rotatable bonds is 5. The molecule has 0 fully saturated rings. The molecule has 0 N–H and O–H groups in total. The molecule has 0 aliphatic rings. The normalized spacial score (nSPS) is 11.0. The maximum absolute atomic E-state index is 13.1. The number of fused-ring (bicyclic) bond motifs is 1. The molecular weight excluding hydrogens is 397 g/mol. The zero-order chi connectivity index (χ0) is 16.2. The van der Waals surface area contributed by atoms with Crippen LogP contribution in [0, 0.1) is 3.57 Å². The summed E-state index contributed by atoms with van der Waals surface area (Å²) in [7, 11) is 0. The van der Waals surface area contributed by atoms with Crippen LogP contribution in [0.4, 0.5) is 0 Å². The summed E-state index contributed by atoms with van der Waals surface area (Å²) < 4.78 is 3.09. The number of para-hydroxylation sites is 1. The molecule has 2 aromatic carbocycles. The molecule has 0 amide bonds. The van der Waals surface area contributed by atoms with E-state index in [1.807, 2.05) is 53.1 Å². The van der Waals surface area contributed by atoms with Crippen molar-refractivity contribution in [3.63, 3.8) is 0 Å². The van der Waals surface area contributed by atoms with Crippen LogP contribution in [0.25, 0.3) is 16.5 Å². The molecule has 3 heteroatoms. The van der Waals surface area contributed by atoms with Crippen molar-refractivity contribution < 1.29 is 0 Å². The highest BCUT2D eigenvalue weighted by Gasteiger charge is 2.15. The minimum Gasteiger partial charge on any atom is -0.280 e. The Labute approximate surface area is 150 Å². The van der Waals surface area contributed by atoms with Gasteiger partial charge in [-0.2, -0.15) is 0 Å². The highest BCUT2D eigenvalue weighted by Crippen LogP contribution is 2.25.